The second kappa shape index (κ2) is 10.6. The van der Waals surface area contributed by atoms with E-state index in [1.54, 1.807) is 0 Å². The molecule has 2 aromatic heterocycles. The minimum Gasteiger partial charge on any atom is -0.225 e. The third kappa shape index (κ3) is 4.88. The molecule has 6 aromatic rings. The van der Waals surface area contributed by atoms with Crippen molar-refractivity contribution in [3.63, 3.8) is 0 Å². The molecule has 0 amide bonds. The Morgan fingerprint density at radius 2 is 0.840 bits per heavy atom. The number of aromatic nitrogens is 4. The number of benzene rings is 4. The number of nitriles is 2. The summed E-state index contributed by atoms with van der Waals surface area (Å²) in [6, 6.07) is 30.1. The van der Waals surface area contributed by atoms with Gasteiger partial charge in [-0.05, 0) is 130 Å². The summed E-state index contributed by atoms with van der Waals surface area (Å²) in [6.45, 7) is 20.6. The van der Waals surface area contributed by atoms with Gasteiger partial charge in [0.25, 0.3) is 0 Å². The first kappa shape index (κ1) is 32.0. The summed E-state index contributed by atoms with van der Waals surface area (Å²) in [4.78, 5) is 0. The maximum atomic E-state index is 9.47. The zero-order valence-corrected chi connectivity index (χ0v) is 30.6. The zero-order valence-electron chi connectivity index (χ0n) is 30.6. The van der Waals surface area contributed by atoms with E-state index in [0.29, 0.717) is 11.1 Å². The molecule has 0 bridgehead atoms. The molecule has 0 radical (unpaired) electrons. The SMILES string of the molecule is CC1(C)CC(C)(C)c2cc3c(cc21)n(-c1ccc(C#N)cc1)c[n+]3CC[n+]1cn(-c2ccc(C#N)cc2)c2cc3c(cc21)C(C)(C)CC3(C)C. The average molecular weight is 659 g/mol. The molecule has 4 aromatic carbocycles. The molecular formula is C44H46N6+2. The molecule has 0 atom stereocenters. The summed E-state index contributed by atoms with van der Waals surface area (Å²) in [7, 11) is 0. The van der Waals surface area contributed by atoms with E-state index >= 15 is 0 Å². The van der Waals surface area contributed by atoms with E-state index in [-0.39, 0.29) is 21.7 Å². The minimum atomic E-state index is 0.0866. The van der Waals surface area contributed by atoms with Crippen LogP contribution in [0.5, 0.6) is 0 Å². The van der Waals surface area contributed by atoms with Crippen LogP contribution in [0.2, 0.25) is 0 Å². The van der Waals surface area contributed by atoms with Crippen LogP contribution in [0.3, 0.4) is 0 Å². The molecule has 0 saturated carbocycles. The van der Waals surface area contributed by atoms with Gasteiger partial charge in [0, 0.05) is 0 Å². The fourth-order valence-corrected chi connectivity index (χ4v) is 9.73. The Hall–Kier alpha value is -5.20. The van der Waals surface area contributed by atoms with Gasteiger partial charge in [-0.1, -0.05) is 55.4 Å². The molecular weight excluding hydrogens is 613 g/mol. The highest BCUT2D eigenvalue weighted by atomic mass is 15.2. The zero-order chi connectivity index (χ0) is 35.4. The molecule has 0 saturated heterocycles. The number of hydrogen-bond acceptors (Lipinski definition) is 2. The molecule has 50 heavy (non-hydrogen) atoms. The van der Waals surface area contributed by atoms with E-state index in [9.17, 15) is 10.5 Å². The minimum absolute atomic E-state index is 0.0866. The summed E-state index contributed by atoms with van der Waals surface area (Å²) in [5.41, 5.74) is 14.3. The molecule has 2 aliphatic carbocycles. The Morgan fingerprint density at radius 3 is 1.16 bits per heavy atom. The monoisotopic (exact) mass is 658 g/mol. The first-order valence-electron chi connectivity index (χ1n) is 17.8. The van der Waals surface area contributed by atoms with Crippen molar-refractivity contribution in [2.45, 2.75) is 103 Å². The largest absolute Gasteiger partial charge is 0.250 e. The standard InChI is InChI=1S/C44H46N6/c1-41(2)25-43(5,6)35-21-39-37(19-33(35)41)47(27-49(39)31-13-9-29(23-45)10-14-31)17-18-48-28-50(32-15-11-30(24-46)12-16-32)40-22-36-34(20-38(40)48)42(3,4)26-44(36,7)8/h9-16,19-22,27-28H,17-18,25-26H2,1-8H3/q+2. The van der Waals surface area contributed by atoms with Crippen LogP contribution in [0.4, 0.5) is 0 Å². The van der Waals surface area contributed by atoms with Crippen molar-refractivity contribution < 1.29 is 9.13 Å². The van der Waals surface area contributed by atoms with Crippen molar-refractivity contribution in [1.82, 2.24) is 9.13 Å². The van der Waals surface area contributed by atoms with E-state index in [4.69, 9.17) is 0 Å². The van der Waals surface area contributed by atoms with E-state index in [0.717, 1.165) is 37.3 Å². The summed E-state index contributed by atoms with van der Waals surface area (Å²) in [5.74, 6) is 0. The number of hydrogen-bond donors (Lipinski definition) is 0. The molecule has 0 aliphatic heterocycles. The third-order valence-corrected chi connectivity index (χ3v) is 11.7. The van der Waals surface area contributed by atoms with Crippen LogP contribution < -0.4 is 9.13 Å². The Morgan fingerprint density at radius 1 is 0.520 bits per heavy atom. The fourth-order valence-electron chi connectivity index (χ4n) is 9.73. The van der Waals surface area contributed by atoms with E-state index in [1.165, 1.54) is 44.3 Å². The molecule has 6 heteroatoms. The van der Waals surface area contributed by atoms with Crippen molar-refractivity contribution in [3.8, 4) is 23.5 Å². The number of imidazole rings is 2. The van der Waals surface area contributed by atoms with Gasteiger partial charge in [0.1, 0.15) is 24.5 Å². The second-order valence-corrected chi connectivity index (χ2v) is 17.3. The van der Waals surface area contributed by atoms with Crippen LogP contribution in [0.15, 0.2) is 85.5 Å². The first-order chi connectivity index (χ1) is 23.6. The third-order valence-electron chi connectivity index (χ3n) is 11.7. The lowest BCUT2D eigenvalue weighted by Gasteiger charge is -2.22. The number of rotatable bonds is 5. The van der Waals surface area contributed by atoms with Crippen LogP contribution >= 0.6 is 0 Å². The highest BCUT2D eigenvalue weighted by Gasteiger charge is 2.44. The van der Waals surface area contributed by atoms with E-state index in [2.05, 4.69) is 147 Å². The molecule has 0 spiro atoms. The summed E-state index contributed by atoms with van der Waals surface area (Å²) in [5, 5.41) is 18.9. The molecule has 8 rings (SSSR count). The van der Waals surface area contributed by atoms with Gasteiger partial charge < -0.3 is 0 Å². The molecule has 2 aliphatic rings. The lowest BCUT2D eigenvalue weighted by atomic mass is 9.82. The number of fused-ring (bicyclic) bond motifs is 4. The molecule has 6 nitrogen and oxygen atoms in total. The molecule has 0 N–H and O–H groups in total. The van der Waals surface area contributed by atoms with Gasteiger partial charge in [0.05, 0.1) is 23.3 Å². The average Bonchev–Trinajstić information content (AvgIpc) is 3.73. The first-order valence-corrected chi connectivity index (χ1v) is 17.8. The second-order valence-electron chi connectivity index (χ2n) is 17.3. The number of aryl methyl sites for hydroxylation is 2. The number of nitrogens with zero attached hydrogens (tertiary/aromatic N) is 6. The summed E-state index contributed by atoms with van der Waals surface area (Å²) < 4.78 is 9.40. The van der Waals surface area contributed by atoms with Gasteiger partial charge in [0.15, 0.2) is 22.1 Å². The maximum Gasteiger partial charge on any atom is 0.250 e. The van der Waals surface area contributed by atoms with Crippen LogP contribution in [-0.2, 0) is 34.7 Å². The van der Waals surface area contributed by atoms with Crippen LogP contribution in [-0.4, -0.2) is 9.13 Å². The van der Waals surface area contributed by atoms with Gasteiger partial charge in [-0.2, -0.15) is 19.7 Å². The van der Waals surface area contributed by atoms with Crippen LogP contribution in [0, 0.1) is 22.7 Å². The van der Waals surface area contributed by atoms with Gasteiger partial charge in [-0.3, -0.25) is 0 Å². The Bertz CT molecular complexity index is 2260. The Balaban J connectivity index is 1.28. The van der Waals surface area contributed by atoms with Gasteiger partial charge in [-0.25, -0.2) is 9.13 Å². The van der Waals surface area contributed by atoms with Crippen molar-refractivity contribution in [1.29, 1.82) is 10.5 Å². The Kier molecular flexibility index (Phi) is 6.82. The van der Waals surface area contributed by atoms with Crippen LogP contribution in [0.1, 0.15) is 102 Å². The van der Waals surface area contributed by atoms with Crippen LogP contribution in [0.25, 0.3) is 33.4 Å². The molecule has 0 fully saturated rings. The predicted molar refractivity (Wildman–Crippen MR) is 198 cm³/mol. The predicted octanol–water partition coefficient (Wildman–Crippen LogP) is 8.51. The van der Waals surface area contributed by atoms with Gasteiger partial charge in [0.2, 0.25) is 12.7 Å². The molecule has 250 valence electrons. The lowest BCUT2D eigenvalue weighted by Crippen LogP contribution is -2.43. The quantitative estimate of drug-likeness (QED) is 0.174. The molecule has 2 heterocycles. The van der Waals surface area contributed by atoms with E-state index in [1.807, 2.05) is 24.3 Å². The lowest BCUT2D eigenvalue weighted by molar-refractivity contribution is -0.755. The Labute approximate surface area is 295 Å². The van der Waals surface area contributed by atoms with Gasteiger partial charge in [-0.15, -0.1) is 0 Å². The normalized spacial score (nSPS) is 17.8. The molecule has 0 unspecified atom stereocenters. The van der Waals surface area contributed by atoms with Crippen molar-refractivity contribution in [2.24, 2.45) is 0 Å². The van der Waals surface area contributed by atoms with Crippen molar-refractivity contribution in [2.75, 3.05) is 0 Å². The summed E-state index contributed by atoms with van der Waals surface area (Å²) in [6.07, 6.45) is 6.71. The van der Waals surface area contributed by atoms with Crippen molar-refractivity contribution >= 4 is 22.1 Å². The fraction of sp³-hybridized carbons (Fsp3) is 0.364. The topological polar surface area (TPSA) is 65.2 Å². The van der Waals surface area contributed by atoms with E-state index < -0.39 is 0 Å². The smallest absolute Gasteiger partial charge is 0.225 e. The highest BCUT2D eigenvalue weighted by molar-refractivity contribution is 5.79. The maximum absolute atomic E-state index is 9.47. The summed E-state index contributed by atoms with van der Waals surface area (Å²) >= 11 is 0. The van der Waals surface area contributed by atoms with Gasteiger partial charge >= 0.3 is 0 Å². The van der Waals surface area contributed by atoms with Crippen molar-refractivity contribution in [3.05, 3.63) is 119 Å². The highest BCUT2D eigenvalue weighted by Crippen LogP contribution is 2.51.